The van der Waals surface area contributed by atoms with Crippen molar-refractivity contribution >= 4 is 12.2 Å². The van der Waals surface area contributed by atoms with Crippen LogP contribution in [0.5, 0.6) is 0 Å². The smallest absolute Gasteiger partial charge is 0.166 e. The predicted octanol–water partition coefficient (Wildman–Crippen LogP) is 6.97. The van der Waals surface area contributed by atoms with Gasteiger partial charge in [0.2, 0.25) is 0 Å². The molecule has 0 aliphatic carbocycles. The van der Waals surface area contributed by atoms with Crippen molar-refractivity contribution in [2.45, 2.75) is 25.9 Å². The second-order valence-corrected chi connectivity index (χ2v) is 7.21. The summed E-state index contributed by atoms with van der Waals surface area (Å²) in [7, 11) is 0. The Morgan fingerprint density at radius 1 is 0.931 bits per heavy atom. The maximum Gasteiger partial charge on any atom is 0.166 e. The van der Waals surface area contributed by atoms with Crippen LogP contribution < -0.4 is 0 Å². The summed E-state index contributed by atoms with van der Waals surface area (Å²) in [5, 5.41) is 0. The summed E-state index contributed by atoms with van der Waals surface area (Å²) >= 11 is 0. The molecule has 1 nitrogen and oxygen atoms in total. The molecule has 0 radical (unpaired) electrons. The lowest BCUT2D eigenvalue weighted by Gasteiger charge is -2.06. The summed E-state index contributed by atoms with van der Waals surface area (Å²) in [6.45, 7) is 2.57. The Bertz CT molecular complexity index is 1050. The van der Waals surface area contributed by atoms with Crippen LogP contribution in [0.3, 0.4) is 0 Å². The topological polar surface area (TPSA) is 12.5 Å². The number of epoxide rings is 1. The number of halogens is 3. The molecule has 0 spiro atoms. The van der Waals surface area contributed by atoms with Crippen LogP contribution >= 0.6 is 0 Å². The second-order valence-electron chi connectivity index (χ2n) is 7.21. The molecule has 3 aromatic carbocycles. The monoisotopic (exact) mass is 394 g/mol. The first-order valence-electron chi connectivity index (χ1n) is 9.73. The third-order valence-corrected chi connectivity index (χ3v) is 5.09. The molecule has 1 aliphatic heterocycles. The largest absolute Gasteiger partial charge is 0.368 e. The molecular weight excluding hydrogens is 373 g/mol. The normalized spacial score (nSPS) is 15.8. The molecule has 1 heterocycles. The van der Waals surface area contributed by atoms with Crippen LogP contribution in [-0.4, -0.2) is 6.61 Å². The van der Waals surface area contributed by atoms with Crippen LogP contribution in [0.4, 0.5) is 13.2 Å². The zero-order chi connectivity index (χ0) is 20.4. The zero-order valence-electron chi connectivity index (χ0n) is 16.1. The highest BCUT2D eigenvalue weighted by molar-refractivity contribution is 5.72. The maximum absolute atomic E-state index is 14.4. The van der Waals surface area contributed by atoms with E-state index in [2.05, 4.69) is 0 Å². The lowest BCUT2D eigenvalue weighted by Crippen LogP contribution is -1.96. The van der Waals surface area contributed by atoms with E-state index < -0.39 is 11.6 Å². The molecule has 4 rings (SSSR count). The summed E-state index contributed by atoms with van der Waals surface area (Å²) < 4.78 is 47.9. The van der Waals surface area contributed by atoms with Gasteiger partial charge in [0.25, 0.3) is 0 Å². The van der Waals surface area contributed by atoms with Gasteiger partial charge in [-0.3, -0.25) is 0 Å². The lowest BCUT2D eigenvalue weighted by molar-refractivity contribution is 0.415. The standard InChI is InChI=1S/C25H21F3O/c1-2-3-18-10-11-19(25(28)24(18)27)9-6-16-4-7-17(8-5-16)21-13-12-20(14-22(21)26)23-15-29-23/h4-14,23H,2-3,15H2,1H3/b9-6+. The summed E-state index contributed by atoms with van der Waals surface area (Å²) in [6.07, 6.45) is 4.56. The molecule has 0 N–H and O–H groups in total. The van der Waals surface area contributed by atoms with E-state index in [0.717, 1.165) is 23.1 Å². The Morgan fingerprint density at radius 2 is 1.69 bits per heavy atom. The van der Waals surface area contributed by atoms with Crippen molar-refractivity contribution in [2.75, 3.05) is 6.61 Å². The molecule has 1 saturated heterocycles. The highest BCUT2D eigenvalue weighted by atomic mass is 19.2. The Kier molecular flexibility index (Phi) is 5.54. The SMILES string of the molecule is CCCc1ccc(/C=C/c2ccc(-c3ccc(C4CO4)cc3F)cc2)c(F)c1F. The number of benzene rings is 3. The lowest BCUT2D eigenvalue weighted by atomic mass is 10.0. The van der Waals surface area contributed by atoms with Gasteiger partial charge in [-0.2, -0.15) is 0 Å². The highest BCUT2D eigenvalue weighted by Gasteiger charge is 2.25. The van der Waals surface area contributed by atoms with Gasteiger partial charge in [0.05, 0.1) is 6.61 Å². The molecule has 0 amide bonds. The van der Waals surface area contributed by atoms with E-state index in [1.54, 1.807) is 30.4 Å². The van der Waals surface area contributed by atoms with Crippen molar-refractivity contribution in [1.82, 2.24) is 0 Å². The Morgan fingerprint density at radius 3 is 2.34 bits per heavy atom. The number of hydrogen-bond donors (Lipinski definition) is 0. The summed E-state index contributed by atoms with van der Waals surface area (Å²) in [5.74, 6) is -1.89. The maximum atomic E-state index is 14.4. The highest BCUT2D eigenvalue weighted by Crippen LogP contribution is 2.33. The Labute approximate surface area is 168 Å². The van der Waals surface area contributed by atoms with Gasteiger partial charge in [0.1, 0.15) is 11.9 Å². The second kappa shape index (κ2) is 8.26. The minimum absolute atomic E-state index is 0.0207. The Balaban J connectivity index is 1.52. The quantitative estimate of drug-likeness (QED) is 0.325. The van der Waals surface area contributed by atoms with Crippen molar-refractivity contribution in [1.29, 1.82) is 0 Å². The summed E-state index contributed by atoms with van der Waals surface area (Å²) in [4.78, 5) is 0. The van der Waals surface area contributed by atoms with E-state index in [4.69, 9.17) is 4.74 Å². The molecule has 148 valence electrons. The van der Waals surface area contributed by atoms with Crippen molar-refractivity contribution in [3.05, 3.63) is 94.3 Å². The van der Waals surface area contributed by atoms with Crippen LogP contribution in [-0.2, 0) is 11.2 Å². The van der Waals surface area contributed by atoms with Gasteiger partial charge in [-0.1, -0.05) is 74.0 Å². The van der Waals surface area contributed by atoms with Gasteiger partial charge in [-0.25, -0.2) is 13.2 Å². The number of aryl methyl sites for hydroxylation is 1. The van der Waals surface area contributed by atoms with Crippen molar-refractivity contribution in [3.63, 3.8) is 0 Å². The first-order valence-corrected chi connectivity index (χ1v) is 9.73. The molecule has 3 aromatic rings. The third-order valence-electron chi connectivity index (χ3n) is 5.09. The van der Waals surface area contributed by atoms with E-state index in [9.17, 15) is 13.2 Å². The number of ether oxygens (including phenoxy) is 1. The van der Waals surface area contributed by atoms with Gasteiger partial charge >= 0.3 is 0 Å². The molecule has 0 bridgehead atoms. The molecule has 1 fully saturated rings. The number of hydrogen-bond acceptors (Lipinski definition) is 1. The van der Waals surface area contributed by atoms with Gasteiger partial charge in [0.15, 0.2) is 11.6 Å². The zero-order valence-corrected chi connectivity index (χ0v) is 16.1. The van der Waals surface area contributed by atoms with Gasteiger partial charge in [0, 0.05) is 11.1 Å². The molecule has 0 saturated carbocycles. The van der Waals surface area contributed by atoms with Crippen LogP contribution in [0.2, 0.25) is 0 Å². The molecule has 1 aliphatic rings. The van der Waals surface area contributed by atoms with E-state index >= 15 is 0 Å². The van der Waals surface area contributed by atoms with Crippen molar-refractivity contribution in [2.24, 2.45) is 0 Å². The first kappa shape index (κ1) is 19.5. The minimum atomic E-state index is -0.828. The predicted molar refractivity (Wildman–Crippen MR) is 110 cm³/mol. The molecule has 0 aromatic heterocycles. The molecule has 4 heteroatoms. The van der Waals surface area contributed by atoms with Gasteiger partial charge < -0.3 is 4.74 Å². The van der Waals surface area contributed by atoms with Crippen molar-refractivity contribution in [3.8, 4) is 11.1 Å². The fourth-order valence-corrected chi connectivity index (χ4v) is 3.36. The average molecular weight is 394 g/mol. The molecule has 1 atom stereocenters. The van der Waals surface area contributed by atoms with Crippen LogP contribution in [0.1, 0.15) is 41.7 Å². The van der Waals surface area contributed by atoms with Crippen LogP contribution in [0.25, 0.3) is 23.3 Å². The van der Waals surface area contributed by atoms with Crippen LogP contribution in [0, 0.1) is 17.5 Å². The average Bonchev–Trinajstić information content (AvgIpc) is 3.57. The molecular formula is C25H21F3O. The van der Waals surface area contributed by atoms with E-state index in [-0.39, 0.29) is 17.5 Å². The van der Waals surface area contributed by atoms with Gasteiger partial charge in [-0.15, -0.1) is 0 Å². The Hall–Kier alpha value is -2.85. The fourth-order valence-electron chi connectivity index (χ4n) is 3.36. The molecule has 29 heavy (non-hydrogen) atoms. The summed E-state index contributed by atoms with van der Waals surface area (Å²) in [5.41, 5.74) is 3.54. The van der Waals surface area contributed by atoms with Crippen LogP contribution in [0.15, 0.2) is 54.6 Å². The third kappa shape index (κ3) is 4.28. The first-order chi connectivity index (χ1) is 14.1. The molecule has 1 unspecified atom stereocenters. The fraction of sp³-hybridized carbons (Fsp3) is 0.200. The minimum Gasteiger partial charge on any atom is -0.368 e. The summed E-state index contributed by atoms with van der Waals surface area (Å²) in [6, 6.07) is 15.6. The van der Waals surface area contributed by atoms with E-state index in [1.165, 1.54) is 6.07 Å². The van der Waals surface area contributed by atoms with E-state index in [1.807, 2.05) is 37.3 Å². The number of rotatable bonds is 6. The van der Waals surface area contributed by atoms with Crippen molar-refractivity contribution < 1.29 is 17.9 Å². The van der Waals surface area contributed by atoms with Gasteiger partial charge in [-0.05, 0) is 34.7 Å². The van der Waals surface area contributed by atoms with E-state index in [0.29, 0.717) is 24.2 Å².